The maximum Gasteiger partial charge on any atom is 0.349 e. The molecule has 0 aliphatic rings. The molecule has 0 aliphatic heterocycles. The highest BCUT2D eigenvalue weighted by molar-refractivity contribution is 9.10. The highest BCUT2D eigenvalue weighted by Crippen LogP contribution is 2.22. The van der Waals surface area contributed by atoms with E-state index in [1.165, 1.54) is 0 Å². The molecule has 0 unspecified atom stereocenters. The second-order valence-corrected chi connectivity index (χ2v) is 5.85. The third-order valence-corrected chi connectivity index (χ3v) is 4.16. The third-order valence-electron chi connectivity index (χ3n) is 2.85. The van der Waals surface area contributed by atoms with Gasteiger partial charge in [0.05, 0.1) is 0 Å². The van der Waals surface area contributed by atoms with Crippen molar-refractivity contribution in [2.75, 3.05) is 6.61 Å². The van der Waals surface area contributed by atoms with Crippen LogP contribution in [0.5, 0.6) is 11.5 Å². The van der Waals surface area contributed by atoms with Gasteiger partial charge < -0.3 is 9.47 Å². The van der Waals surface area contributed by atoms with Crippen molar-refractivity contribution in [1.82, 2.24) is 0 Å². The maximum atomic E-state index is 11.7. The van der Waals surface area contributed by atoms with Crippen LogP contribution in [0.3, 0.4) is 0 Å². The van der Waals surface area contributed by atoms with Gasteiger partial charge in [0, 0.05) is 9.50 Å². The molecule has 0 aromatic heterocycles. The van der Waals surface area contributed by atoms with Gasteiger partial charge in [0.15, 0.2) is 6.61 Å². The molecule has 0 saturated heterocycles. The van der Waals surface area contributed by atoms with E-state index in [1.54, 1.807) is 24.3 Å². The van der Waals surface area contributed by atoms with Crippen molar-refractivity contribution in [3.8, 4) is 11.5 Å². The molecular weight excluding hydrogens is 356 g/mol. The van der Waals surface area contributed by atoms with Crippen LogP contribution < -0.4 is 9.47 Å². The lowest BCUT2D eigenvalue weighted by Crippen LogP contribution is -2.17. The summed E-state index contributed by atoms with van der Waals surface area (Å²) in [5.74, 6) is 0.620. The van der Waals surface area contributed by atoms with Crippen LogP contribution in [0.25, 0.3) is 0 Å². The number of carbonyl (C=O) groups excluding carboxylic acids is 1. The molecule has 2 rings (SSSR count). The largest absolute Gasteiger partial charge is 0.482 e. The third kappa shape index (κ3) is 4.48. The van der Waals surface area contributed by atoms with Crippen LogP contribution in [0.15, 0.2) is 40.9 Å². The van der Waals surface area contributed by atoms with Crippen LogP contribution >= 0.6 is 27.5 Å². The highest BCUT2D eigenvalue weighted by Gasteiger charge is 2.08. The second kappa shape index (κ2) is 6.96. The molecule has 21 heavy (non-hydrogen) atoms. The second-order valence-electron chi connectivity index (χ2n) is 4.58. The minimum atomic E-state index is -0.461. The van der Waals surface area contributed by atoms with Gasteiger partial charge >= 0.3 is 5.97 Å². The Morgan fingerprint density at radius 3 is 2.43 bits per heavy atom. The summed E-state index contributed by atoms with van der Waals surface area (Å²) >= 11 is 9.33. The van der Waals surface area contributed by atoms with Crippen LogP contribution in [0.2, 0.25) is 5.02 Å². The van der Waals surface area contributed by atoms with Crippen molar-refractivity contribution in [2.24, 2.45) is 0 Å². The lowest BCUT2D eigenvalue weighted by atomic mass is 10.2. The quantitative estimate of drug-likeness (QED) is 0.578. The minimum absolute atomic E-state index is 0.150. The molecule has 0 amide bonds. The van der Waals surface area contributed by atoms with Gasteiger partial charge in [-0.1, -0.05) is 27.5 Å². The topological polar surface area (TPSA) is 35.5 Å². The molecule has 110 valence electrons. The highest BCUT2D eigenvalue weighted by atomic mass is 79.9. The van der Waals surface area contributed by atoms with E-state index in [4.69, 9.17) is 21.1 Å². The van der Waals surface area contributed by atoms with E-state index in [0.717, 1.165) is 15.6 Å². The van der Waals surface area contributed by atoms with Crippen LogP contribution in [-0.4, -0.2) is 12.6 Å². The predicted molar refractivity (Wildman–Crippen MR) is 86.2 cm³/mol. The Morgan fingerprint density at radius 2 is 1.76 bits per heavy atom. The van der Waals surface area contributed by atoms with E-state index >= 15 is 0 Å². The summed E-state index contributed by atoms with van der Waals surface area (Å²) in [5.41, 5.74) is 1.89. The van der Waals surface area contributed by atoms with E-state index < -0.39 is 5.97 Å². The number of rotatable bonds is 4. The van der Waals surface area contributed by atoms with Gasteiger partial charge in [-0.05, 0) is 61.4 Å². The first kappa shape index (κ1) is 15.9. The average Bonchev–Trinajstić information content (AvgIpc) is 2.44. The maximum absolute atomic E-state index is 11.7. The normalized spacial score (nSPS) is 10.3. The number of esters is 1. The first-order valence-corrected chi connectivity index (χ1v) is 7.48. The molecule has 3 nitrogen and oxygen atoms in total. The predicted octanol–water partition coefficient (Wildman–Crippen LogP) is 4.70. The standard InChI is InChI=1S/C16H14BrClO3/c1-10-7-12(3-5-14(10)17)20-9-16(19)21-13-4-6-15(18)11(2)8-13/h3-8H,9H2,1-2H3. The van der Waals surface area contributed by atoms with Crippen molar-refractivity contribution < 1.29 is 14.3 Å². The van der Waals surface area contributed by atoms with E-state index in [0.29, 0.717) is 16.5 Å². The Labute approximate surface area is 137 Å². The zero-order valence-electron chi connectivity index (χ0n) is 11.7. The molecule has 0 fully saturated rings. The summed E-state index contributed by atoms with van der Waals surface area (Å²) in [6, 6.07) is 10.6. The first-order valence-electron chi connectivity index (χ1n) is 6.31. The Morgan fingerprint density at radius 1 is 1.10 bits per heavy atom. The molecule has 0 heterocycles. The molecule has 0 aliphatic carbocycles. The Bertz CT molecular complexity index is 671. The smallest absolute Gasteiger partial charge is 0.349 e. The molecule has 5 heteroatoms. The number of hydrogen-bond donors (Lipinski definition) is 0. The SMILES string of the molecule is Cc1cc(OC(=O)COc2ccc(Br)c(C)c2)ccc1Cl. The number of ether oxygens (including phenoxy) is 2. The average molecular weight is 370 g/mol. The van der Waals surface area contributed by atoms with Crippen molar-refractivity contribution in [3.63, 3.8) is 0 Å². The van der Waals surface area contributed by atoms with Gasteiger partial charge in [0.1, 0.15) is 11.5 Å². The molecule has 0 atom stereocenters. The van der Waals surface area contributed by atoms with Crippen molar-refractivity contribution >= 4 is 33.5 Å². The summed E-state index contributed by atoms with van der Waals surface area (Å²) in [4.78, 5) is 11.7. The molecule has 0 saturated carbocycles. The minimum Gasteiger partial charge on any atom is -0.482 e. The van der Waals surface area contributed by atoms with Gasteiger partial charge in [0.25, 0.3) is 0 Å². The molecule has 0 spiro atoms. The zero-order valence-corrected chi connectivity index (χ0v) is 14.0. The van der Waals surface area contributed by atoms with Crippen LogP contribution in [-0.2, 0) is 4.79 Å². The lowest BCUT2D eigenvalue weighted by Gasteiger charge is -2.08. The Hall–Kier alpha value is -1.52. The molecule has 2 aromatic carbocycles. The molecule has 0 bridgehead atoms. The fraction of sp³-hybridized carbons (Fsp3) is 0.188. The van der Waals surface area contributed by atoms with Crippen molar-refractivity contribution in [2.45, 2.75) is 13.8 Å². The van der Waals surface area contributed by atoms with E-state index in [9.17, 15) is 4.79 Å². The van der Waals surface area contributed by atoms with Gasteiger partial charge in [-0.3, -0.25) is 0 Å². The number of aryl methyl sites for hydroxylation is 2. The van der Waals surface area contributed by atoms with E-state index in [2.05, 4.69) is 15.9 Å². The summed E-state index contributed by atoms with van der Waals surface area (Å²) < 4.78 is 11.6. The lowest BCUT2D eigenvalue weighted by molar-refractivity contribution is -0.136. The van der Waals surface area contributed by atoms with Crippen LogP contribution in [0.1, 0.15) is 11.1 Å². The van der Waals surface area contributed by atoms with Crippen LogP contribution in [0.4, 0.5) is 0 Å². The number of hydrogen-bond acceptors (Lipinski definition) is 3. The summed E-state index contributed by atoms with van der Waals surface area (Å²) in [7, 11) is 0. The van der Waals surface area contributed by atoms with Crippen LogP contribution in [0, 0.1) is 13.8 Å². The number of benzene rings is 2. The summed E-state index contributed by atoms with van der Waals surface area (Å²) in [6.45, 7) is 3.65. The molecule has 0 radical (unpaired) electrons. The number of halogens is 2. The van der Waals surface area contributed by atoms with E-state index in [-0.39, 0.29) is 6.61 Å². The molecule has 2 aromatic rings. The van der Waals surface area contributed by atoms with Crippen molar-refractivity contribution in [1.29, 1.82) is 0 Å². The zero-order chi connectivity index (χ0) is 15.4. The Balaban J connectivity index is 1.92. The van der Waals surface area contributed by atoms with Crippen molar-refractivity contribution in [3.05, 3.63) is 57.0 Å². The van der Waals surface area contributed by atoms with E-state index in [1.807, 2.05) is 26.0 Å². The molecular formula is C16H14BrClO3. The van der Waals surface area contributed by atoms with Gasteiger partial charge in [-0.25, -0.2) is 4.79 Å². The van der Waals surface area contributed by atoms with Gasteiger partial charge in [-0.15, -0.1) is 0 Å². The fourth-order valence-corrected chi connectivity index (χ4v) is 2.05. The summed E-state index contributed by atoms with van der Waals surface area (Å²) in [6.07, 6.45) is 0. The number of carbonyl (C=O) groups is 1. The van der Waals surface area contributed by atoms with Gasteiger partial charge in [0.2, 0.25) is 0 Å². The Kier molecular flexibility index (Phi) is 5.26. The fourth-order valence-electron chi connectivity index (χ4n) is 1.69. The first-order chi connectivity index (χ1) is 9.95. The molecule has 0 N–H and O–H groups in total. The monoisotopic (exact) mass is 368 g/mol. The summed E-state index contributed by atoms with van der Waals surface area (Å²) in [5, 5.41) is 0.636. The van der Waals surface area contributed by atoms with Gasteiger partial charge in [-0.2, -0.15) is 0 Å².